The lowest BCUT2D eigenvalue weighted by atomic mass is 9.85. The van der Waals surface area contributed by atoms with E-state index in [-0.39, 0.29) is 5.39 Å². The summed E-state index contributed by atoms with van der Waals surface area (Å²) < 4.78 is 220. The second-order valence-electron chi connectivity index (χ2n) is 9.01. The number of hydrogen-bond acceptors (Lipinski definition) is 1. The molecule has 0 bridgehead atoms. The van der Waals surface area contributed by atoms with Crippen LogP contribution >= 0.6 is 0 Å². The highest BCUT2D eigenvalue weighted by Gasteiger charge is 2.18. The third-order valence-corrected chi connectivity index (χ3v) is 6.81. The standard InChI is InChI=1S/C40H24O/c1-2-11-27-23-28(18-17-25(27)9-1)38-31-13-5-7-15-33(31)39(34-16-8-6-14-32(34)38)29-20-22-37-36(24-29)35-21-19-26-10-3-4-12-30(26)40(35)41-37/h1-24H/i1D,2D,3D,4D,5D,6D,7D,8D,9D,10D,11D,12D,13D,14D,15D,16D,17D,18D,19D,20D,21D,22D,23D,24D. The first-order chi connectivity index (χ1) is 30.3. The highest BCUT2D eigenvalue weighted by molar-refractivity contribution is 6.23. The predicted molar refractivity (Wildman–Crippen MR) is 175 cm³/mol. The molecule has 1 heteroatoms. The Balaban J connectivity index is 1.62. The minimum absolute atomic E-state index is 0.384. The molecule has 1 nitrogen and oxygen atoms in total. The summed E-state index contributed by atoms with van der Waals surface area (Å²) in [6.45, 7) is 0. The lowest BCUT2D eigenvalue weighted by Gasteiger charge is -2.18. The zero-order chi connectivity index (χ0) is 47.8. The Morgan fingerprint density at radius 2 is 0.878 bits per heavy atom. The number of furan rings is 1. The van der Waals surface area contributed by atoms with E-state index >= 15 is 0 Å². The van der Waals surface area contributed by atoms with Gasteiger partial charge in [-0.2, -0.15) is 0 Å². The lowest BCUT2D eigenvalue weighted by molar-refractivity contribution is 0.672. The molecule has 0 saturated carbocycles. The van der Waals surface area contributed by atoms with Gasteiger partial charge in [-0.15, -0.1) is 0 Å². The predicted octanol–water partition coefficient (Wildman–Crippen LogP) is 11.5. The molecule has 9 aromatic rings. The maximum atomic E-state index is 9.74. The summed E-state index contributed by atoms with van der Waals surface area (Å²) in [5.41, 5.74) is -3.76. The van der Waals surface area contributed by atoms with Crippen molar-refractivity contribution in [1.82, 2.24) is 0 Å². The van der Waals surface area contributed by atoms with E-state index < -0.39 is 227 Å². The van der Waals surface area contributed by atoms with Crippen LogP contribution in [0, 0.1) is 0 Å². The normalized spacial score (nSPS) is 20.1. The molecule has 8 aromatic carbocycles. The molecule has 0 spiro atoms. The first-order valence-corrected chi connectivity index (χ1v) is 12.2. The van der Waals surface area contributed by atoms with Crippen LogP contribution in [0.5, 0.6) is 0 Å². The van der Waals surface area contributed by atoms with Crippen molar-refractivity contribution < 1.29 is 37.3 Å². The fraction of sp³-hybridized carbons (Fsp3) is 0. The van der Waals surface area contributed by atoms with Crippen molar-refractivity contribution in [2.24, 2.45) is 0 Å². The molecule has 0 unspecified atom stereocenters. The Hall–Kier alpha value is -5.40. The van der Waals surface area contributed by atoms with Crippen LogP contribution in [0.25, 0.3) is 87.3 Å². The van der Waals surface area contributed by atoms with Gasteiger partial charge in [0.15, 0.2) is 0 Å². The molecule has 190 valence electrons. The van der Waals surface area contributed by atoms with Crippen molar-refractivity contribution in [2.45, 2.75) is 0 Å². The Morgan fingerprint density at radius 1 is 0.366 bits per heavy atom. The molecule has 0 saturated heterocycles. The number of benzene rings is 8. The highest BCUT2D eigenvalue weighted by atomic mass is 16.3. The van der Waals surface area contributed by atoms with E-state index in [1.807, 2.05) is 0 Å². The van der Waals surface area contributed by atoms with Crippen LogP contribution in [0.3, 0.4) is 0 Å². The highest BCUT2D eigenvalue weighted by Crippen LogP contribution is 2.45. The second kappa shape index (κ2) is 8.55. The number of fused-ring (bicyclic) bond motifs is 8. The SMILES string of the molecule is [2H]c1c(-c2c3c([2H])c([2H])c([2H])c([2H])c3c(-c3c([2H])c([2H])c4c([2H])c([2H])c([2H])c([2H])c4c3[2H])c3c([2H])c([2H])c([2H])c([2H])c23)c([2H])c2c(oc3c4c([2H])c([2H])c([2H])c([2H])c4c([2H])c([2H])c32)c1[2H]. The Bertz CT molecular complexity index is 3740. The van der Waals surface area contributed by atoms with Crippen molar-refractivity contribution in [1.29, 1.82) is 0 Å². The molecule has 1 heterocycles. The smallest absolute Gasteiger partial charge is 0.143 e. The monoisotopic (exact) mass is 544 g/mol. The van der Waals surface area contributed by atoms with Crippen LogP contribution in [-0.2, 0) is 0 Å². The van der Waals surface area contributed by atoms with Crippen LogP contribution in [0.2, 0.25) is 0 Å². The van der Waals surface area contributed by atoms with Gasteiger partial charge in [-0.25, -0.2) is 0 Å². The van der Waals surface area contributed by atoms with Crippen molar-refractivity contribution in [2.75, 3.05) is 0 Å². The molecule has 1 aromatic heterocycles. The van der Waals surface area contributed by atoms with Crippen LogP contribution in [-0.4, -0.2) is 0 Å². The third-order valence-electron chi connectivity index (χ3n) is 6.81. The Kier molecular flexibility index (Phi) is 1.94. The molecule has 0 N–H and O–H groups in total. The first-order valence-electron chi connectivity index (χ1n) is 24.2. The van der Waals surface area contributed by atoms with Crippen molar-refractivity contribution in [3.05, 3.63) is 145 Å². The van der Waals surface area contributed by atoms with E-state index in [1.165, 1.54) is 0 Å². The summed E-state index contributed by atoms with van der Waals surface area (Å²) in [6, 6.07) is -20.2. The molecule has 9 rings (SSSR count). The summed E-state index contributed by atoms with van der Waals surface area (Å²) in [5.74, 6) is 0. The molecular weight excluding hydrogens is 496 g/mol. The van der Waals surface area contributed by atoms with Gasteiger partial charge in [0.1, 0.15) is 11.2 Å². The molecule has 0 aliphatic carbocycles. The summed E-state index contributed by atoms with van der Waals surface area (Å²) in [6.07, 6.45) is 0. The molecule has 0 fully saturated rings. The molecule has 0 amide bonds. The van der Waals surface area contributed by atoms with Crippen LogP contribution in [0.1, 0.15) is 32.9 Å². The largest absolute Gasteiger partial charge is 0.455 e. The first kappa shape index (κ1) is 9.33. The summed E-state index contributed by atoms with van der Waals surface area (Å²) >= 11 is 0. The van der Waals surface area contributed by atoms with Crippen LogP contribution in [0.15, 0.2) is 149 Å². The fourth-order valence-corrected chi connectivity index (χ4v) is 5.07. The molecule has 0 atom stereocenters. The van der Waals surface area contributed by atoms with E-state index in [1.54, 1.807) is 0 Å². The second-order valence-corrected chi connectivity index (χ2v) is 9.01. The third kappa shape index (κ3) is 3.30. The van der Waals surface area contributed by atoms with Gasteiger partial charge in [0.05, 0.1) is 32.9 Å². The number of rotatable bonds is 2. The molecule has 41 heavy (non-hydrogen) atoms. The zero-order valence-electron chi connectivity index (χ0n) is 44.4. The maximum Gasteiger partial charge on any atom is 0.143 e. The summed E-state index contributed by atoms with van der Waals surface area (Å²) in [4.78, 5) is 0. The van der Waals surface area contributed by atoms with Gasteiger partial charge in [0.25, 0.3) is 0 Å². The van der Waals surface area contributed by atoms with Gasteiger partial charge in [-0.05, 0) is 84.1 Å². The van der Waals surface area contributed by atoms with E-state index in [0.29, 0.717) is 0 Å². The summed E-state index contributed by atoms with van der Waals surface area (Å²) in [5, 5.41) is -5.48. The quantitative estimate of drug-likeness (QED) is 0.197. The van der Waals surface area contributed by atoms with Gasteiger partial charge in [-0.3, -0.25) is 0 Å². The topological polar surface area (TPSA) is 13.1 Å². The molecule has 0 aliphatic rings. The fourth-order valence-electron chi connectivity index (χ4n) is 5.07. The Morgan fingerprint density at radius 3 is 1.56 bits per heavy atom. The molecule has 0 aliphatic heterocycles. The van der Waals surface area contributed by atoms with Crippen molar-refractivity contribution in [3.8, 4) is 22.3 Å². The van der Waals surface area contributed by atoms with E-state index in [4.69, 9.17) is 25.0 Å². The van der Waals surface area contributed by atoms with Gasteiger partial charge in [0, 0.05) is 16.2 Å². The van der Waals surface area contributed by atoms with E-state index in [2.05, 4.69) is 0 Å². The minimum atomic E-state index is -0.937. The lowest BCUT2D eigenvalue weighted by Crippen LogP contribution is -1.91. The van der Waals surface area contributed by atoms with Gasteiger partial charge in [-0.1, -0.05) is 121 Å². The molecule has 0 radical (unpaired) electrons. The molecular formula is C40H24O. The summed E-state index contributed by atoms with van der Waals surface area (Å²) in [7, 11) is 0. The van der Waals surface area contributed by atoms with Gasteiger partial charge in [0.2, 0.25) is 0 Å². The number of hydrogen-bond donors (Lipinski definition) is 0. The average molecular weight is 545 g/mol. The zero-order valence-corrected chi connectivity index (χ0v) is 20.4. The van der Waals surface area contributed by atoms with Gasteiger partial charge < -0.3 is 4.42 Å². The van der Waals surface area contributed by atoms with E-state index in [0.717, 1.165) is 0 Å². The van der Waals surface area contributed by atoms with Crippen molar-refractivity contribution >= 4 is 65.0 Å². The van der Waals surface area contributed by atoms with Gasteiger partial charge >= 0.3 is 0 Å². The maximum absolute atomic E-state index is 9.74. The van der Waals surface area contributed by atoms with Crippen molar-refractivity contribution in [3.63, 3.8) is 0 Å². The van der Waals surface area contributed by atoms with Crippen LogP contribution in [0.4, 0.5) is 0 Å². The van der Waals surface area contributed by atoms with E-state index in [9.17, 15) is 12.3 Å². The Labute approximate surface area is 270 Å². The average Bonchev–Trinajstić information content (AvgIpc) is 3.68. The van der Waals surface area contributed by atoms with Crippen LogP contribution < -0.4 is 0 Å². The minimum Gasteiger partial charge on any atom is -0.455 e.